The summed E-state index contributed by atoms with van der Waals surface area (Å²) in [4.78, 5) is 12.1. The minimum Gasteiger partial charge on any atom is -0.496 e. The zero-order valence-corrected chi connectivity index (χ0v) is 12.5. The van der Waals surface area contributed by atoms with E-state index in [1.54, 1.807) is 18.2 Å². The van der Waals surface area contributed by atoms with Crippen LogP contribution in [0, 0.1) is 0 Å². The molecule has 0 fully saturated rings. The molecule has 0 aromatic heterocycles. The number of nitrogen functional groups attached to an aromatic ring is 1. The molecular weight excluding hydrogens is 260 g/mol. The van der Waals surface area contributed by atoms with E-state index < -0.39 is 0 Å². The molecule has 106 valence electrons. The van der Waals surface area contributed by atoms with Gasteiger partial charge in [0.2, 0.25) is 0 Å². The summed E-state index contributed by atoms with van der Waals surface area (Å²) in [6.45, 7) is 4.14. The van der Waals surface area contributed by atoms with Crippen molar-refractivity contribution in [1.82, 2.24) is 5.32 Å². The molecule has 0 aliphatic carbocycles. The van der Waals surface area contributed by atoms with Gasteiger partial charge in [0.05, 0.1) is 12.7 Å². The SMILES string of the molecule is CCSCCC(C)NC(=O)c1ccc(N)cc1OC. The fourth-order valence-electron chi connectivity index (χ4n) is 1.67. The number of rotatable bonds is 7. The predicted octanol–water partition coefficient (Wildman–Crippen LogP) is 2.54. The molecule has 3 N–H and O–H groups in total. The number of carbonyl (C=O) groups is 1. The second kappa shape index (κ2) is 7.94. The first-order valence-corrected chi connectivity index (χ1v) is 7.56. The molecule has 1 unspecified atom stereocenters. The average molecular weight is 282 g/mol. The number of nitrogens with two attached hydrogens (primary N) is 1. The Kier molecular flexibility index (Phi) is 6.56. The summed E-state index contributed by atoms with van der Waals surface area (Å²) >= 11 is 1.88. The second-order valence-electron chi connectivity index (χ2n) is 4.32. The van der Waals surface area contributed by atoms with Crippen molar-refractivity contribution in [3.8, 4) is 5.75 Å². The molecule has 0 bridgehead atoms. The van der Waals surface area contributed by atoms with E-state index in [9.17, 15) is 4.79 Å². The lowest BCUT2D eigenvalue weighted by molar-refractivity contribution is 0.0936. The number of methoxy groups -OCH3 is 1. The topological polar surface area (TPSA) is 64.4 Å². The summed E-state index contributed by atoms with van der Waals surface area (Å²) in [6.07, 6.45) is 0.960. The molecule has 0 saturated carbocycles. The number of hydrogen-bond acceptors (Lipinski definition) is 4. The van der Waals surface area contributed by atoms with Crippen molar-refractivity contribution in [2.45, 2.75) is 26.3 Å². The second-order valence-corrected chi connectivity index (χ2v) is 5.71. The summed E-state index contributed by atoms with van der Waals surface area (Å²) in [5.74, 6) is 2.54. The lowest BCUT2D eigenvalue weighted by atomic mass is 10.1. The smallest absolute Gasteiger partial charge is 0.255 e. The molecule has 1 aromatic rings. The van der Waals surface area contributed by atoms with Crippen LogP contribution >= 0.6 is 11.8 Å². The molecule has 1 rings (SSSR count). The first-order valence-electron chi connectivity index (χ1n) is 6.40. The van der Waals surface area contributed by atoms with Gasteiger partial charge in [-0.05, 0) is 37.0 Å². The zero-order chi connectivity index (χ0) is 14.3. The molecular formula is C14H22N2O2S. The highest BCUT2D eigenvalue weighted by Gasteiger charge is 2.14. The highest BCUT2D eigenvalue weighted by molar-refractivity contribution is 7.99. The van der Waals surface area contributed by atoms with Crippen LogP contribution in [0.5, 0.6) is 5.75 Å². The van der Waals surface area contributed by atoms with E-state index in [0.29, 0.717) is 17.0 Å². The summed E-state index contributed by atoms with van der Waals surface area (Å²) in [6, 6.07) is 5.20. The maximum Gasteiger partial charge on any atom is 0.255 e. The molecule has 0 spiro atoms. The van der Waals surface area contributed by atoms with Gasteiger partial charge in [0, 0.05) is 17.8 Å². The van der Waals surface area contributed by atoms with Crippen LogP contribution in [-0.4, -0.2) is 30.6 Å². The van der Waals surface area contributed by atoms with Crippen LogP contribution in [0.25, 0.3) is 0 Å². The van der Waals surface area contributed by atoms with Crippen LogP contribution in [0.15, 0.2) is 18.2 Å². The largest absolute Gasteiger partial charge is 0.496 e. The van der Waals surface area contributed by atoms with Gasteiger partial charge in [-0.15, -0.1) is 0 Å². The lowest BCUT2D eigenvalue weighted by Crippen LogP contribution is -2.33. The molecule has 0 radical (unpaired) electrons. The Labute approximate surface area is 119 Å². The van der Waals surface area contributed by atoms with Crippen molar-refractivity contribution in [3.63, 3.8) is 0 Å². The highest BCUT2D eigenvalue weighted by Crippen LogP contribution is 2.21. The van der Waals surface area contributed by atoms with Gasteiger partial charge >= 0.3 is 0 Å². The van der Waals surface area contributed by atoms with Gasteiger partial charge in [-0.1, -0.05) is 6.92 Å². The molecule has 0 saturated heterocycles. The third-order valence-electron chi connectivity index (χ3n) is 2.75. The number of thioether (sulfide) groups is 1. The average Bonchev–Trinajstić information content (AvgIpc) is 2.38. The van der Waals surface area contributed by atoms with Crippen molar-refractivity contribution in [3.05, 3.63) is 23.8 Å². The summed E-state index contributed by atoms with van der Waals surface area (Å²) in [5, 5.41) is 2.98. The molecule has 5 heteroatoms. The van der Waals surface area contributed by atoms with Crippen molar-refractivity contribution in [1.29, 1.82) is 0 Å². The minimum absolute atomic E-state index is 0.120. The normalized spacial score (nSPS) is 11.9. The molecule has 1 aromatic carbocycles. The number of benzene rings is 1. The molecule has 1 atom stereocenters. The Morgan fingerprint density at radius 3 is 2.89 bits per heavy atom. The summed E-state index contributed by atoms with van der Waals surface area (Å²) < 4.78 is 5.18. The van der Waals surface area contributed by atoms with Crippen LogP contribution in [0.1, 0.15) is 30.6 Å². The van der Waals surface area contributed by atoms with Crippen molar-refractivity contribution >= 4 is 23.4 Å². The Morgan fingerprint density at radius 2 is 2.26 bits per heavy atom. The van der Waals surface area contributed by atoms with E-state index in [-0.39, 0.29) is 11.9 Å². The summed E-state index contributed by atoms with van der Waals surface area (Å²) in [5.41, 5.74) is 6.78. The van der Waals surface area contributed by atoms with E-state index in [0.717, 1.165) is 17.9 Å². The predicted molar refractivity (Wildman–Crippen MR) is 82.0 cm³/mol. The van der Waals surface area contributed by atoms with Crippen LogP contribution in [0.3, 0.4) is 0 Å². The Bertz CT molecular complexity index is 424. The minimum atomic E-state index is -0.120. The third-order valence-corrected chi connectivity index (χ3v) is 3.68. The standard InChI is InChI=1S/C14H22N2O2S/c1-4-19-8-7-10(2)16-14(17)12-6-5-11(15)9-13(12)18-3/h5-6,9-10H,4,7-8,15H2,1-3H3,(H,16,17). The Balaban J connectivity index is 2.62. The number of anilines is 1. The number of ether oxygens (including phenoxy) is 1. The fourth-order valence-corrected chi connectivity index (χ4v) is 2.48. The van der Waals surface area contributed by atoms with Gasteiger partial charge < -0.3 is 15.8 Å². The van der Waals surface area contributed by atoms with Gasteiger partial charge in [0.1, 0.15) is 5.75 Å². The number of nitrogens with one attached hydrogen (secondary N) is 1. The van der Waals surface area contributed by atoms with Gasteiger partial charge in [-0.2, -0.15) is 11.8 Å². The lowest BCUT2D eigenvalue weighted by Gasteiger charge is -2.15. The maximum atomic E-state index is 12.1. The van der Waals surface area contributed by atoms with Crippen molar-refractivity contribution in [2.24, 2.45) is 0 Å². The zero-order valence-electron chi connectivity index (χ0n) is 11.7. The fraction of sp³-hybridized carbons (Fsp3) is 0.500. The maximum absolute atomic E-state index is 12.1. The molecule has 4 nitrogen and oxygen atoms in total. The quantitative estimate of drug-likeness (QED) is 0.596. The van der Waals surface area contributed by atoms with Crippen LogP contribution in [0.4, 0.5) is 5.69 Å². The van der Waals surface area contributed by atoms with E-state index in [1.807, 2.05) is 18.7 Å². The van der Waals surface area contributed by atoms with E-state index in [1.165, 1.54) is 7.11 Å². The van der Waals surface area contributed by atoms with Gasteiger partial charge in [-0.25, -0.2) is 0 Å². The Hall–Kier alpha value is -1.36. The Morgan fingerprint density at radius 1 is 1.53 bits per heavy atom. The molecule has 1 amide bonds. The molecule has 0 heterocycles. The molecule has 0 aliphatic rings. The van der Waals surface area contributed by atoms with Crippen LogP contribution in [0.2, 0.25) is 0 Å². The van der Waals surface area contributed by atoms with Gasteiger partial charge in [0.15, 0.2) is 0 Å². The van der Waals surface area contributed by atoms with Crippen molar-refractivity contribution < 1.29 is 9.53 Å². The van der Waals surface area contributed by atoms with Gasteiger partial charge in [-0.3, -0.25) is 4.79 Å². The van der Waals surface area contributed by atoms with E-state index in [4.69, 9.17) is 10.5 Å². The number of carbonyl (C=O) groups excluding carboxylic acids is 1. The monoisotopic (exact) mass is 282 g/mol. The number of hydrogen-bond donors (Lipinski definition) is 2. The molecule has 0 aliphatic heterocycles. The van der Waals surface area contributed by atoms with Crippen molar-refractivity contribution in [2.75, 3.05) is 24.3 Å². The third kappa shape index (κ3) is 5.03. The first-order chi connectivity index (χ1) is 9.08. The van der Waals surface area contributed by atoms with E-state index in [2.05, 4.69) is 12.2 Å². The van der Waals surface area contributed by atoms with Crippen LogP contribution < -0.4 is 15.8 Å². The molecule has 19 heavy (non-hydrogen) atoms. The first kappa shape index (κ1) is 15.7. The highest BCUT2D eigenvalue weighted by atomic mass is 32.2. The summed E-state index contributed by atoms with van der Waals surface area (Å²) in [7, 11) is 1.53. The number of amides is 1. The van der Waals surface area contributed by atoms with E-state index >= 15 is 0 Å². The van der Waals surface area contributed by atoms with Crippen LogP contribution in [-0.2, 0) is 0 Å². The van der Waals surface area contributed by atoms with Gasteiger partial charge in [0.25, 0.3) is 5.91 Å².